The minimum Gasteiger partial charge on any atom is -0.457 e. The number of ether oxygens (including phenoxy) is 1. The van der Waals surface area contributed by atoms with E-state index in [1.807, 2.05) is 50.2 Å². The van der Waals surface area contributed by atoms with Crippen molar-refractivity contribution in [2.75, 3.05) is 0 Å². The molecule has 0 amide bonds. The Kier molecular flexibility index (Phi) is 3.69. The second-order valence-corrected chi connectivity index (χ2v) is 4.98. The molecule has 0 bridgehead atoms. The maximum absolute atomic E-state index is 8.94. The zero-order valence-electron chi connectivity index (χ0n) is 10.2. The summed E-state index contributed by atoms with van der Waals surface area (Å²) in [5, 5.41) is 8.94. The monoisotopic (exact) mass is 301 g/mol. The van der Waals surface area contributed by atoms with Crippen LogP contribution < -0.4 is 4.74 Å². The number of halogens is 1. The number of hydrogen-bond acceptors (Lipinski definition) is 2. The zero-order chi connectivity index (χ0) is 13.1. The SMILES string of the molecule is Cc1cccc(Oc2cc(Br)c(C#N)cc2C)c1. The van der Waals surface area contributed by atoms with E-state index in [9.17, 15) is 0 Å². The minimum absolute atomic E-state index is 0.615. The predicted octanol–water partition coefficient (Wildman–Crippen LogP) is 4.73. The molecule has 18 heavy (non-hydrogen) atoms. The van der Waals surface area contributed by atoms with Crippen LogP contribution in [0.1, 0.15) is 16.7 Å². The number of rotatable bonds is 2. The van der Waals surface area contributed by atoms with Gasteiger partial charge in [-0.25, -0.2) is 0 Å². The summed E-state index contributed by atoms with van der Waals surface area (Å²) in [6.45, 7) is 3.95. The number of aryl methyl sites for hydroxylation is 2. The highest BCUT2D eigenvalue weighted by Crippen LogP contribution is 2.30. The van der Waals surface area contributed by atoms with Crippen LogP contribution in [0, 0.1) is 25.2 Å². The van der Waals surface area contributed by atoms with Crippen molar-refractivity contribution in [2.24, 2.45) is 0 Å². The number of nitrogens with zero attached hydrogens (tertiary/aromatic N) is 1. The van der Waals surface area contributed by atoms with Gasteiger partial charge in [0.1, 0.15) is 17.6 Å². The molecule has 2 rings (SSSR count). The molecular formula is C15H12BrNO. The Morgan fingerprint density at radius 1 is 1.17 bits per heavy atom. The van der Waals surface area contributed by atoms with Gasteiger partial charge in [-0.1, -0.05) is 12.1 Å². The highest BCUT2D eigenvalue weighted by Gasteiger charge is 2.07. The van der Waals surface area contributed by atoms with Gasteiger partial charge in [-0.3, -0.25) is 0 Å². The van der Waals surface area contributed by atoms with Crippen LogP contribution >= 0.6 is 15.9 Å². The Hall–Kier alpha value is -1.79. The topological polar surface area (TPSA) is 33.0 Å². The van der Waals surface area contributed by atoms with Crippen LogP contribution in [-0.2, 0) is 0 Å². The van der Waals surface area contributed by atoms with E-state index in [0.29, 0.717) is 5.56 Å². The van der Waals surface area contributed by atoms with Gasteiger partial charge in [0.05, 0.1) is 5.56 Å². The molecule has 0 heterocycles. The number of nitriles is 1. The van der Waals surface area contributed by atoms with Crippen molar-refractivity contribution in [3.8, 4) is 17.6 Å². The van der Waals surface area contributed by atoms with Crippen LogP contribution in [0.25, 0.3) is 0 Å². The molecule has 0 aliphatic carbocycles. The fraction of sp³-hybridized carbons (Fsp3) is 0.133. The third-order valence-electron chi connectivity index (χ3n) is 2.60. The molecule has 90 valence electrons. The summed E-state index contributed by atoms with van der Waals surface area (Å²) in [6, 6.07) is 13.7. The van der Waals surface area contributed by atoms with Gasteiger partial charge in [0, 0.05) is 4.47 Å². The second-order valence-electron chi connectivity index (χ2n) is 4.13. The lowest BCUT2D eigenvalue weighted by molar-refractivity contribution is 0.478. The van der Waals surface area contributed by atoms with Crippen LogP contribution in [0.5, 0.6) is 11.5 Å². The van der Waals surface area contributed by atoms with Crippen molar-refractivity contribution in [3.05, 3.63) is 57.6 Å². The molecule has 2 nitrogen and oxygen atoms in total. The fourth-order valence-electron chi connectivity index (χ4n) is 1.66. The van der Waals surface area contributed by atoms with Crippen molar-refractivity contribution in [1.29, 1.82) is 5.26 Å². The van der Waals surface area contributed by atoms with Crippen LogP contribution in [-0.4, -0.2) is 0 Å². The molecular weight excluding hydrogens is 290 g/mol. The molecule has 0 fully saturated rings. The number of hydrogen-bond donors (Lipinski definition) is 0. The summed E-state index contributed by atoms with van der Waals surface area (Å²) in [7, 11) is 0. The van der Waals surface area contributed by atoms with Crippen molar-refractivity contribution >= 4 is 15.9 Å². The molecule has 0 saturated heterocycles. The van der Waals surface area contributed by atoms with Crippen molar-refractivity contribution in [2.45, 2.75) is 13.8 Å². The third kappa shape index (κ3) is 2.72. The Labute approximate surface area is 115 Å². The first kappa shape index (κ1) is 12.7. The van der Waals surface area contributed by atoms with Gasteiger partial charge in [-0.2, -0.15) is 5.26 Å². The minimum atomic E-state index is 0.615. The van der Waals surface area contributed by atoms with Crippen LogP contribution in [0.4, 0.5) is 0 Å². The summed E-state index contributed by atoms with van der Waals surface area (Å²) >= 11 is 3.37. The lowest BCUT2D eigenvalue weighted by Crippen LogP contribution is -1.90. The molecule has 0 aliphatic rings. The van der Waals surface area contributed by atoms with Crippen LogP contribution in [0.2, 0.25) is 0 Å². The Bertz CT molecular complexity index is 629. The molecule has 0 unspecified atom stereocenters. The average molecular weight is 302 g/mol. The maximum atomic E-state index is 8.94. The van der Waals surface area contributed by atoms with Gasteiger partial charge < -0.3 is 4.74 Å². The normalized spacial score (nSPS) is 9.89. The summed E-state index contributed by atoms with van der Waals surface area (Å²) in [4.78, 5) is 0. The van der Waals surface area contributed by atoms with Gasteiger partial charge >= 0.3 is 0 Å². The molecule has 2 aromatic rings. The highest BCUT2D eigenvalue weighted by molar-refractivity contribution is 9.10. The van der Waals surface area contributed by atoms with Crippen molar-refractivity contribution in [3.63, 3.8) is 0 Å². The molecule has 3 heteroatoms. The summed E-state index contributed by atoms with van der Waals surface area (Å²) < 4.78 is 6.58. The van der Waals surface area contributed by atoms with E-state index in [-0.39, 0.29) is 0 Å². The van der Waals surface area contributed by atoms with Crippen LogP contribution in [0.3, 0.4) is 0 Å². The van der Waals surface area contributed by atoms with Gasteiger partial charge in [-0.05, 0) is 65.2 Å². The van der Waals surface area contributed by atoms with E-state index in [2.05, 4.69) is 22.0 Å². The average Bonchev–Trinajstić information content (AvgIpc) is 2.33. The van der Waals surface area contributed by atoms with E-state index < -0.39 is 0 Å². The standard InChI is InChI=1S/C15H12BrNO/c1-10-4-3-5-13(6-10)18-15-8-14(16)12(9-17)7-11(15)2/h3-8H,1-2H3. The summed E-state index contributed by atoms with van der Waals surface area (Å²) in [5.74, 6) is 1.56. The van der Waals surface area contributed by atoms with Crippen molar-refractivity contribution in [1.82, 2.24) is 0 Å². The first-order chi connectivity index (χ1) is 8.60. The summed E-state index contributed by atoms with van der Waals surface area (Å²) in [5.41, 5.74) is 2.71. The summed E-state index contributed by atoms with van der Waals surface area (Å²) in [6.07, 6.45) is 0. The fourth-order valence-corrected chi connectivity index (χ4v) is 2.08. The van der Waals surface area contributed by atoms with Crippen molar-refractivity contribution < 1.29 is 4.74 Å². The molecule has 0 atom stereocenters. The van der Waals surface area contributed by atoms with Gasteiger partial charge in [0.25, 0.3) is 0 Å². The molecule has 2 aromatic carbocycles. The zero-order valence-corrected chi connectivity index (χ0v) is 11.8. The quantitative estimate of drug-likeness (QED) is 0.803. The lowest BCUT2D eigenvalue weighted by Gasteiger charge is -2.10. The van der Waals surface area contributed by atoms with E-state index in [4.69, 9.17) is 10.00 Å². The van der Waals surface area contributed by atoms with E-state index >= 15 is 0 Å². The molecule has 0 saturated carbocycles. The second kappa shape index (κ2) is 5.24. The van der Waals surface area contributed by atoms with E-state index in [1.165, 1.54) is 0 Å². The van der Waals surface area contributed by atoms with Gasteiger partial charge in [0.15, 0.2) is 0 Å². The molecule has 0 spiro atoms. The molecule has 0 aliphatic heterocycles. The Morgan fingerprint density at radius 2 is 1.94 bits per heavy atom. The lowest BCUT2D eigenvalue weighted by atomic mass is 10.1. The predicted molar refractivity (Wildman–Crippen MR) is 74.8 cm³/mol. The first-order valence-electron chi connectivity index (χ1n) is 5.55. The largest absolute Gasteiger partial charge is 0.457 e. The van der Waals surface area contributed by atoms with Gasteiger partial charge in [-0.15, -0.1) is 0 Å². The van der Waals surface area contributed by atoms with E-state index in [1.54, 1.807) is 0 Å². The Balaban J connectivity index is 2.36. The smallest absolute Gasteiger partial charge is 0.131 e. The number of benzene rings is 2. The first-order valence-corrected chi connectivity index (χ1v) is 6.34. The Morgan fingerprint density at radius 3 is 2.61 bits per heavy atom. The molecule has 0 N–H and O–H groups in total. The molecule has 0 aromatic heterocycles. The van der Waals surface area contributed by atoms with Crippen LogP contribution in [0.15, 0.2) is 40.9 Å². The van der Waals surface area contributed by atoms with Gasteiger partial charge in [0.2, 0.25) is 0 Å². The third-order valence-corrected chi connectivity index (χ3v) is 3.26. The maximum Gasteiger partial charge on any atom is 0.131 e. The highest BCUT2D eigenvalue weighted by atomic mass is 79.9. The molecule has 0 radical (unpaired) electrons. The van der Waals surface area contributed by atoms with E-state index in [0.717, 1.165) is 27.1 Å².